The van der Waals surface area contributed by atoms with Crippen LogP contribution in [0.3, 0.4) is 0 Å². The van der Waals surface area contributed by atoms with Crippen LogP contribution in [0.1, 0.15) is 11.1 Å². The summed E-state index contributed by atoms with van der Waals surface area (Å²) in [6, 6.07) is 13.9. The van der Waals surface area contributed by atoms with Gasteiger partial charge in [-0.05, 0) is 113 Å². The monoisotopic (exact) mass is 836 g/mol. The number of nitrogens with one attached hydrogen (secondary N) is 1. The van der Waals surface area contributed by atoms with Crippen molar-refractivity contribution in [3.63, 3.8) is 0 Å². The number of nitrogens with two attached hydrogens (primary N) is 2. The van der Waals surface area contributed by atoms with Crippen LogP contribution in [0.4, 0.5) is 11.4 Å². The van der Waals surface area contributed by atoms with E-state index in [2.05, 4.69) is 109 Å². The Kier molecular flexibility index (Phi) is 12.3. The molecule has 3 aromatic carbocycles. The van der Waals surface area contributed by atoms with Crippen molar-refractivity contribution < 1.29 is 5.48 Å². The normalized spacial score (nSPS) is 9.77. The Morgan fingerprint density at radius 2 is 1.39 bits per heavy atom. The molecule has 0 bridgehead atoms. The van der Waals surface area contributed by atoms with Crippen molar-refractivity contribution in [2.75, 3.05) is 11.5 Å². The molecule has 0 aliphatic rings. The summed E-state index contributed by atoms with van der Waals surface area (Å²) in [4.78, 5) is 0. The van der Waals surface area contributed by atoms with Gasteiger partial charge in [0.1, 0.15) is 0 Å². The number of nitrogens with zero attached hydrogens (tertiary/aromatic N) is 1. The number of benzene rings is 3. The van der Waals surface area contributed by atoms with Gasteiger partial charge < -0.3 is 16.9 Å². The molecule has 1 aromatic heterocycles. The Hall–Kier alpha value is -0.410. The van der Waals surface area contributed by atoms with Crippen LogP contribution in [0.15, 0.2) is 62.1 Å². The lowest BCUT2D eigenvalue weighted by Gasteiger charge is -2.02. The largest absolute Gasteiger partial charge is 0.412 e. The van der Waals surface area contributed by atoms with Gasteiger partial charge in [0.05, 0.1) is 11.7 Å². The Morgan fingerprint density at radius 1 is 0.806 bits per heavy atom. The van der Waals surface area contributed by atoms with E-state index in [1.165, 1.54) is 3.57 Å². The summed E-state index contributed by atoms with van der Waals surface area (Å²) in [7, 11) is 0. The number of halogens is 5. The Bertz CT molecular complexity index is 1150. The van der Waals surface area contributed by atoms with Gasteiger partial charge in [-0.2, -0.15) is 5.10 Å². The first-order valence-electron chi connectivity index (χ1n) is 8.59. The van der Waals surface area contributed by atoms with E-state index in [1.54, 1.807) is 0 Å². The third kappa shape index (κ3) is 8.80. The summed E-state index contributed by atoms with van der Waals surface area (Å²) in [5, 5.41) is 8.03. The molecule has 0 saturated heterocycles. The molecular weight excluding hydrogens is 818 g/mol. The zero-order valence-electron chi connectivity index (χ0n) is 16.6. The number of nitrogen functional groups attached to an aromatic ring is 2. The van der Waals surface area contributed by atoms with Gasteiger partial charge in [-0.25, -0.2) is 0 Å². The molecule has 0 radical (unpaired) electrons. The molecule has 31 heavy (non-hydrogen) atoms. The zero-order valence-corrected chi connectivity index (χ0v) is 25.7. The quantitative estimate of drug-likeness (QED) is 0.127. The fourth-order valence-corrected chi connectivity index (χ4v) is 6.24. The van der Waals surface area contributed by atoms with E-state index >= 15 is 0 Å². The van der Waals surface area contributed by atoms with Crippen molar-refractivity contribution >= 4 is 115 Å². The minimum absolute atomic E-state index is 0. The number of H-pyrrole nitrogens is 1. The summed E-state index contributed by atoms with van der Waals surface area (Å²) in [6.07, 6.45) is 1.82. The molecule has 10 heteroatoms. The second kappa shape index (κ2) is 13.3. The number of aromatic nitrogens is 2. The molecule has 0 aliphatic heterocycles. The van der Waals surface area contributed by atoms with Crippen LogP contribution in [0, 0.1) is 21.0 Å². The Labute approximate surface area is 234 Å². The minimum atomic E-state index is 0. The molecule has 5 nitrogen and oxygen atoms in total. The zero-order chi connectivity index (χ0) is 22.4. The lowest BCUT2D eigenvalue weighted by atomic mass is 10.2. The van der Waals surface area contributed by atoms with Crippen molar-refractivity contribution in [1.29, 1.82) is 0 Å². The third-order valence-corrected chi connectivity index (χ3v) is 7.15. The number of anilines is 2. The van der Waals surface area contributed by atoms with Crippen LogP contribution < -0.4 is 11.5 Å². The Balaban J connectivity index is 0.000000230. The molecule has 0 unspecified atom stereocenters. The topological polar surface area (TPSA) is 112 Å². The summed E-state index contributed by atoms with van der Waals surface area (Å²) in [5.74, 6) is 0. The van der Waals surface area contributed by atoms with E-state index in [0.717, 1.165) is 50.4 Å². The Morgan fingerprint density at radius 3 is 1.97 bits per heavy atom. The maximum absolute atomic E-state index is 5.72. The van der Waals surface area contributed by atoms with Crippen LogP contribution >= 0.6 is 93.0 Å². The SMILES string of the molecule is Brc1cc(I)c2[nH]ncc2c1.Cc1cc(Br)cc(I)c1N.Cc1cc(Br)ccc1N.O. The average Bonchev–Trinajstić information content (AvgIpc) is 3.13. The summed E-state index contributed by atoms with van der Waals surface area (Å²) >= 11 is 14.6. The molecule has 166 valence electrons. The molecule has 0 aliphatic carbocycles. The highest BCUT2D eigenvalue weighted by Gasteiger charge is 2.01. The maximum Gasteiger partial charge on any atom is 0.0784 e. The number of hydrogen-bond acceptors (Lipinski definition) is 3. The van der Waals surface area contributed by atoms with E-state index in [-0.39, 0.29) is 5.48 Å². The number of aryl methyl sites for hydroxylation is 2. The van der Waals surface area contributed by atoms with Crippen LogP contribution in [0.5, 0.6) is 0 Å². The second-order valence-electron chi connectivity index (χ2n) is 6.34. The average molecular weight is 839 g/mol. The second-order valence-corrected chi connectivity index (χ2v) is 11.4. The fourth-order valence-electron chi connectivity index (χ4n) is 2.33. The first-order valence-corrected chi connectivity index (χ1v) is 13.1. The molecule has 4 aromatic rings. The summed E-state index contributed by atoms with van der Waals surface area (Å²) < 4.78 is 5.54. The predicted octanol–water partition coefficient (Wildman–Crippen LogP) is 7.39. The van der Waals surface area contributed by atoms with Gasteiger partial charge in [0.15, 0.2) is 0 Å². The van der Waals surface area contributed by atoms with Crippen molar-refractivity contribution in [1.82, 2.24) is 10.2 Å². The van der Waals surface area contributed by atoms with Crippen molar-refractivity contribution in [3.05, 3.63) is 80.3 Å². The van der Waals surface area contributed by atoms with Crippen LogP contribution in [-0.4, -0.2) is 15.7 Å². The van der Waals surface area contributed by atoms with Crippen LogP contribution in [0.25, 0.3) is 10.9 Å². The van der Waals surface area contributed by atoms with Crippen LogP contribution in [-0.2, 0) is 0 Å². The highest BCUT2D eigenvalue weighted by Crippen LogP contribution is 2.24. The third-order valence-electron chi connectivity index (χ3n) is 4.00. The van der Waals surface area contributed by atoms with Crippen LogP contribution in [0.2, 0.25) is 0 Å². The van der Waals surface area contributed by atoms with E-state index in [4.69, 9.17) is 11.5 Å². The highest BCUT2D eigenvalue weighted by molar-refractivity contribution is 14.1. The van der Waals surface area contributed by atoms with Gasteiger partial charge in [-0.3, -0.25) is 5.10 Å². The summed E-state index contributed by atoms with van der Waals surface area (Å²) in [5.41, 5.74) is 16.4. The van der Waals surface area contributed by atoms with E-state index in [1.807, 2.05) is 56.4 Å². The van der Waals surface area contributed by atoms with Crippen molar-refractivity contribution in [3.8, 4) is 0 Å². The van der Waals surface area contributed by atoms with Gasteiger partial charge in [0.2, 0.25) is 0 Å². The van der Waals surface area contributed by atoms with E-state index in [0.29, 0.717) is 0 Å². The molecule has 0 atom stereocenters. The van der Waals surface area contributed by atoms with Gasteiger partial charge in [-0.15, -0.1) is 0 Å². The maximum atomic E-state index is 5.72. The van der Waals surface area contributed by atoms with E-state index in [9.17, 15) is 0 Å². The number of hydrogen-bond donors (Lipinski definition) is 3. The van der Waals surface area contributed by atoms with Gasteiger partial charge in [0.25, 0.3) is 0 Å². The standard InChI is InChI=1S/C7H4BrIN2.C7H7BrIN.C7H8BrN.H2O/c8-5-1-4-3-10-11-7(4)6(9)2-5;1-4-2-5(8)3-6(9)7(4)10;1-5-4-6(8)2-3-7(5)9;/h1-3H,(H,10,11);2-3H,10H2,1H3;2-4H,9H2,1H3;1H2. The molecule has 0 amide bonds. The molecule has 0 saturated carbocycles. The van der Waals surface area contributed by atoms with E-state index < -0.39 is 0 Å². The fraction of sp³-hybridized carbons (Fsp3) is 0.0952. The van der Waals surface area contributed by atoms with Gasteiger partial charge in [0, 0.05) is 37.3 Å². The summed E-state index contributed by atoms with van der Waals surface area (Å²) in [6.45, 7) is 3.99. The smallest absolute Gasteiger partial charge is 0.0784 e. The lowest BCUT2D eigenvalue weighted by molar-refractivity contribution is 0.824. The first kappa shape index (κ1) is 28.6. The predicted molar refractivity (Wildman–Crippen MR) is 159 cm³/mol. The molecule has 0 fully saturated rings. The van der Waals surface area contributed by atoms with Gasteiger partial charge >= 0.3 is 0 Å². The molecular formula is C21H21Br3I2N4O. The highest BCUT2D eigenvalue weighted by atomic mass is 127. The number of fused-ring (bicyclic) bond motifs is 1. The number of rotatable bonds is 0. The van der Waals surface area contributed by atoms with Crippen molar-refractivity contribution in [2.24, 2.45) is 0 Å². The van der Waals surface area contributed by atoms with Gasteiger partial charge in [-0.1, -0.05) is 47.8 Å². The number of aromatic amines is 1. The molecule has 1 heterocycles. The van der Waals surface area contributed by atoms with Crippen molar-refractivity contribution in [2.45, 2.75) is 13.8 Å². The molecule has 0 spiro atoms. The molecule has 7 N–H and O–H groups in total. The minimum Gasteiger partial charge on any atom is -0.412 e. The lowest BCUT2D eigenvalue weighted by Crippen LogP contribution is -1.92. The first-order chi connectivity index (χ1) is 14.1. The molecule has 4 rings (SSSR count).